The smallest absolute Gasteiger partial charge is 0.250 e. The molecule has 1 aromatic carbocycles. The Bertz CT molecular complexity index is 537. The van der Waals surface area contributed by atoms with Gasteiger partial charge in [-0.15, -0.1) is 0 Å². The van der Waals surface area contributed by atoms with Crippen molar-refractivity contribution in [3.8, 4) is 5.75 Å². The minimum atomic E-state index is -1.75. The van der Waals surface area contributed by atoms with Gasteiger partial charge in [0.2, 0.25) is 8.32 Å². The first-order valence-corrected chi connectivity index (χ1v) is 15.8. The Kier molecular flexibility index (Phi) is 8.18. The van der Waals surface area contributed by atoms with Crippen molar-refractivity contribution in [2.24, 2.45) is 5.41 Å². The molecule has 0 spiro atoms. The Morgan fingerprint density at radius 1 is 0.962 bits per heavy atom. The molecule has 0 radical (unpaired) electrons. The van der Waals surface area contributed by atoms with Gasteiger partial charge in [0, 0.05) is 6.10 Å². The van der Waals surface area contributed by atoms with Crippen LogP contribution in [0.2, 0.25) is 31.2 Å². The zero-order valence-electron chi connectivity index (χ0n) is 18.9. The van der Waals surface area contributed by atoms with Crippen LogP contribution in [0.3, 0.4) is 0 Å². The SMILES string of the molecule is C[SiH](C)OC(CCCc1ccc(O[Si](C)(C)C(C)(C)C)cc1)C(C)(C)C. The van der Waals surface area contributed by atoms with Crippen LogP contribution in [0.25, 0.3) is 0 Å². The molecule has 1 aromatic rings. The van der Waals surface area contributed by atoms with Crippen molar-refractivity contribution >= 4 is 17.4 Å². The minimum Gasteiger partial charge on any atom is -0.544 e. The first-order valence-electron chi connectivity index (χ1n) is 10.2. The van der Waals surface area contributed by atoms with Crippen molar-refractivity contribution in [1.29, 1.82) is 0 Å². The minimum absolute atomic E-state index is 0.220. The molecule has 0 saturated heterocycles. The van der Waals surface area contributed by atoms with E-state index in [0.29, 0.717) is 6.10 Å². The number of hydrogen-bond acceptors (Lipinski definition) is 2. The molecule has 0 aromatic heterocycles. The molecule has 0 fully saturated rings. The summed E-state index contributed by atoms with van der Waals surface area (Å²) in [6.45, 7) is 22.8. The monoisotopic (exact) mass is 394 g/mol. The summed E-state index contributed by atoms with van der Waals surface area (Å²) < 4.78 is 12.7. The Morgan fingerprint density at radius 2 is 1.50 bits per heavy atom. The molecular weight excluding hydrogens is 352 g/mol. The molecule has 1 unspecified atom stereocenters. The number of rotatable bonds is 8. The molecule has 2 nitrogen and oxygen atoms in total. The maximum Gasteiger partial charge on any atom is 0.250 e. The largest absolute Gasteiger partial charge is 0.544 e. The van der Waals surface area contributed by atoms with Crippen LogP contribution in [0, 0.1) is 5.41 Å². The van der Waals surface area contributed by atoms with Gasteiger partial charge < -0.3 is 8.85 Å². The van der Waals surface area contributed by atoms with E-state index in [0.717, 1.165) is 18.6 Å². The van der Waals surface area contributed by atoms with Crippen LogP contribution in [0.4, 0.5) is 0 Å². The van der Waals surface area contributed by atoms with Crippen molar-refractivity contribution < 1.29 is 8.85 Å². The summed E-state index contributed by atoms with van der Waals surface area (Å²) in [4.78, 5) is 0. The molecule has 1 rings (SSSR count). The lowest BCUT2D eigenvalue weighted by atomic mass is 9.86. The van der Waals surface area contributed by atoms with Crippen LogP contribution in [-0.4, -0.2) is 23.5 Å². The molecule has 0 aliphatic carbocycles. The van der Waals surface area contributed by atoms with Gasteiger partial charge in [0.25, 0.3) is 0 Å². The highest BCUT2D eigenvalue weighted by Gasteiger charge is 2.38. The van der Waals surface area contributed by atoms with Crippen molar-refractivity contribution in [2.75, 3.05) is 0 Å². The Labute approximate surface area is 165 Å². The summed E-state index contributed by atoms with van der Waals surface area (Å²) in [5.41, 5.74) is 1.61. The van der Waals surface area contributed by atoms with Gasteiger partial charge in [-0.25, -0.2) is 0 Å². The van der Waals surface area contributed by atoms with Gasteiger partial charge in [0.1, 0.15) is 5.75 Å². The highest BCUT2D eigenvalue weighted by Crippen LogP contribution is 2.37. The van der Waals surface area contributed by atoms with Gasteiger partial charge in [-0.2, -0.15) is 0 Å². The van der Waals surface area contributed by atoms with Crippen LogP contribution in [0.1, 0.15) is 59.9 Å². The second-order valence-electron chi connectivity index (χ2n) is 10.4. The highest BCUT2D eigenvalue weighted by atomic mass is 28.4. The first-order chi connectivity index (χ1) is 11.7. The molecule has 26 heavy (non-hydrogen) atoms. The molecular formula is C22H42O2Si2. The van der Waals surface area contributed by atoms with E-state index in [1.54, 1.807) is 0 Å². The summed E-state index contributed by atoms with van der Waals surface area (Å²) in [6, 6.07) is 8.75. The number of hydrogen-bond donors (Lipinski definition) is 0. The maximum absolute atomic E-state index is 6.38. The molecule has 1 atom stereocenters. The fourth-order valence-electron chi connectivity index (χ4n) is 2.70. The molecule has 0 heterocycles. The van der Waals surface area contributed by atoms with Crippen molar-refractivity contribution in [2.45, 2.75) is 98.1 Å². The van der Waals surface area contributed by atoms with Crippen molar-refractivity contribution in [1.82, 2.24) is 0 Å². The lowest BCUT2D eigenvalue weighted by Gasteiger charge is -2.36. The highest BCUT2D eigenvalue weighted by molar-refractivity contribution is 6.74. The van der Waals surface area contributed by atoms with Gasteiger partial charge >= 0.3 is 0 Å². The van der Waals surface area contributed by atoms with Crippen LogP contribution >= 0.6 is 0 Å². The molecule has 4 heteroatoms. The molecule has 0 amide bonds. The van der Waals surface area contributed by atoms with Gasteiger partial charge in [0.05, 0.1) is 0 Å². The van der Waals surface area contributed by atoms with Crippen LogP contribution < -0.4 is 4.43 Å². The fourth-order valence-corrected chi connectivity index (χ4v) is 4.93. The summed E-state index contributed by atoms with van der Waals surface area (Å²) in [5.74, 6) is 1.02. The lowest BCUT2D eigenvalue weighted by molar-refractivity contribution is 0.0767. The molecule has 0 bridgehead atoms. The zero-order chi connectivity index (χ0) is 20.2. The van der Waals surface area contributed by atoms with E-state index in [-0.39, 0.29) is 10.5 Å². The molecule has 0 aliphatic heterocycles. The predicted molar refractivity (Wildman–Crippen MR) is 120 cm³/mol. The summed E-state index contributed by atoms with van der Waals surface area (Å²) >= 11 is 0. The average molecular weight is 395 g/mol. The van der Waals surface area contributed by atoms with Gasteiger partial charge in [-0.05, 0) is 73.6 Å². The van der Waals surface area contributed by atoms with Gasteiger partial charge in [-0.3, -0.25) is 0 Å². The first kappa shape index (κ1) is 23.5. The third-order valence-electron chi connectivity index (χ3n) is 5.44. The van der Waals surface area contributed by atoms with Crippen molar-refractivity contribution in [3.05, 3.63) is 29.8 Å². The Balaban J connectivity index is 2.60. The summed E-state index contributed by atoms with van der Waals surface area (Å²) in [5, 5.41) is 0.230. The zero-order valence-corrected chi connectivity index (χ0v) is 21.1. The summed E-state index contributed by atoms with van der Waals surface area (Å²) in [7, 11) is -2.75. The Hall–Kier alpha value is -0.586. The lowest BCUT2D eigenvalue weighted by Crippen LogP contribution is -2.43. The Morgan fingerprint density at radius 3 is 1.92 bits per heavy atom. The topological polar surface area (TPSA) is 18.5 Å². The third-order valence-corrected chi connectivity index (χ3v) is 10.7. The van der Waals surface area contributed by atoms with E-state index in [9.17, 15) is 0 Å². The predicted octanol–water partition coefficient (Wildman–Crippen LogP) is 6.81. The van der Waals surface area contributed by atoms with Crippen LogP contribution in [0.15, 0.2) is 24.3 Å². The molecule has 0 saturated carbocycles. The van der Waals surface area contributed by atoms with E-state index in [1.807, 2.05) is 0 Å². The number of aryl methyl sites for hydroxylation is 1. The standard InChI is InChI=1S/C22H42O2Si2/c1-21(2,3)20(23-25(7)8)13-11-12-18-14-16-19(17-15-18)24-26(9,10)22(4,5)6/h14-17,20,25H,11-13H2,1-10H3. The van der Waals surface area contributed by atoms with E-state index in [2.05, 4.69) is 92.0 Å². The molecule has 0 aliphatic rings. The maximum atomic E-state index is 6.38. The number of benzene rings is 1. The second-order valence-corrected chi connectivity index (χ2v) is 17.5. The van der Waals surface area contributed by atoms with E-state index in [1.165, 1.54) is 12.0 Å². The summed E-state index contributed by atoms with van der Waals surface area (Å²) in [6.07, 6.45) is 3.79. The average Bonchev–Trinajstić information content (AvgIpc) is 2.45. The van der Waals surface area contributed by atoms with E-state index >= 15 is 0 Å². The quantitative estimate of drug-likeness (QED) is 0.451. The second kappa shape index (κ2) is 9.07. The van der Waals surface area contributed by atoms with Crippen LogP contribution in [-0.2, 0) is 10.8 Å². The van der Waals surface area contributed by atoms with Gasteiger partial charge in [-0.1, -0.05) is 53.7 Å². The van der Waals surface area contributed by atoms with Gasteiger partial charge in [0.15, 0.2) is 9.04 Å². The molecule has 150 valence electrons. The van der Waals surface area contributed by atoms with Crippen LogP contribution in [0.5, 0.6) is 5.75 Å². The van der Waals surface area contributed by atoms with E-state index in [4.69, 9.17) is 8.85 Å². The third kappa shape index (κ3) is 7.57. The van der Waals surface area contributed by atoms with E-state index < -0.39 is 17.4 Å². The fraction of sp³-hybridized carbons (Fsp3) is 0.727. The molecule has 0 N–H and O–H groups in total. The van der Waals surface area contributed by atoms with Crippen molar-refractivity contribution in [3.63, 3.8) is 0 Å². The normalized spacial score (nSPS) is 14.6.